The van der Waals surface area contributed by atoms with Crippen LogP contribution in [0.5, 0.6) is 0 Å². The van der Waals surface area contributed by atoms with Gasteiger partial charge in [-0.3, -0.25) is 28.8 Å². The quantitative estimate of drug-likeness (QED) is 0.130. The molecule has 0 aromatic heterocycles. The first kappa shape index (κ1) is 47.7. The number of aliphatic imine (C=N–C) groups is 2. The number of rotatable bonds is 4. The van der Waals surface area contributed by atoms with Crippen molar-refractivity contribution in [1.82, 2.24) is 20.4 Å². The molecule has 6 rings (SSSR count). The average Bonchev–Trinajstić information content (AvgIpc) is 3.68. The van der Waals surface area contributed by atoms with Crippen LogP contribution in [0.3, 0.4) is 0 Å². The van der Waals surface area contributed by atoms with E-state index in [9.17, 15) is 18.0 Å². The second-order valence-corrected chi connectivity index (χ2v) is 15.8. The summed E-state index contributed by atoms with van der Waals surface area (Å²) in [7, 11) is 5.70. The van der Waals surface area contributed by atoms with Gasteiger partial charge in [0, 0.05) is 86.7 Å². The first-order valence-corrected chi connectivity index (χ1v) is 21.0. The van der Waals surface area contributed by atoms with Crippen LogP contribution < -0.4 is 10.6 Å². The Balaban J connectivity index is 0.000000327. The third kappa shape index (κ3) is 12.8. The normalized spacial score (nSPS) is 14.2. The molecular weight excluding hydrogens is 812 g/mol. The van der Waals surface area contributed by atoms with Gasteiger partial charge >= 0.3 is 17.1 Å². The molecule has 1 radical (unpaired) electrons. The van der Waals surface area contributed by atoms with E-state index in [0.717, 1.165) is 22.3 Å². The van der Waals surface area contributed by atoms with Gasteiger partial charge in [-0.05, 0) is 22.3 Å². The standard InChI is InChI=1S/2C18H19N5O.2C2H6OS.Cu/c2*1-23(2)16(19)21-17-20-15(24)18(22-17,13-9-5-3-6-10-13)14-11-7-4-8-12-14;2*1-4(2)3;/h2*3-12H,1-2H3,(H3,19,20,21,22,24);2*1-2H3;/q;;;;+2/p-2. The van der Waals surface area contributed by atoms with E-state index in [2.05, 4.69) is 31.3 Å². The number of nitrogens with one attached hydrogen (secondary N) is 4. The molecule has 0 atom stereocenters. The molecule has 2 aliphatic rings. The molecule has 0 spiro atoms. The molecule has 2 amide bonds. The van der Waals surface area contributed by atoms with Crippen LogP contribution in [0.15, 0.2) is 131 Å². The van der Waals surface area contributed by atoms with Crippen molar-refractivity contribution in [2.75, 3.05) is 53.2 Å². The predicted octanol–water partition coefficient (Wildman–Crippen LogP) is 4.56. The first-order valence-electron chi connectivity index (χ1n) is 17.0. The Kier molecular flexibility index (Phi) is 18.7. The SMILES string of the molecule is CN(C)C(=N)NC1=NC(c2ccccc2)(c2ccccc2)C(=O)[N-]1.CN(C)C(=N)NC1=NC(c2ccccc2)(c2ccccc2)C(=O)[N-]1.CS(C)=O.CS(C)=O.[Cu+2]. The third-order valence-electron chi connectivity index (χ3n) is 7.70. The molecule has 2 aliphatic heterocycles. The van der Waals surface area contributed by atoms with Crippen molar-refractivity contribution in [3.8, 4) is 0 Å². The van der Waals surface area contributed by atoms with Gasteiger partial charge in [-0.2, -0.15) is 0 Å². The minimum Gasteiger partial charge on any atom is -0.383 e. The van der Waals surface area contributed by atoms with Gasteiger partial charge < -0.3 is 41.1 Å². The Hall–Kier alpha value is -5.48. The van der Waals surface area contributed by atoms with Crippen LogP contribution in [0.4, 0.5) is 0 Å². The second-order valence-electron chi connectivity index (χ2n) is 12.8. The fraction of sp³-hybridized carbons (Fsp3) is 0.250. The van der Waals surface area contributed by atoms with Gasteiger partial charge in [0.2, 0.25) is 11.8 Å². The molecule has 0 saturated carbocycles. The van der Waals surface area contributed by atoms with Crippen molar-refractivity contribution >= 4 is 57.3 Å². The molecule has 4 aromatic rings. The summed E-state index contributed by atoms with van der Waals surface area (Å²) in [6.07, 6.45) is 6.56. The Labute approximate surface area is 350 Å². The predicted molar refractivity (Wildman–Crippen MR) is 228 cm³/mol. The summed E-state index contributed by atoms with van der Waals surface area (Å²) >= 11 is 0. The summed E-state index contributed by atoms with van der Waals surface area (Å²) in [5.74, 6) is -0.217. The van der Waals surface area contributed by atoms with E-state index in [1.165, 1.54) is 0 Å². The molecule has 0 fully saturated rings. The Morgan fingerprint density at radius 3 is 0.930 bits per heavy atom. The molecule has 4 aromatic carbocycles. The second kappa shape index (κ2) is 22.3. The van der Waals surface area contributed by atoms with Crippen LogP contribution in [0.2, 0.25) is 0 Å². The van der Waals surface area contributed by atoms with Gasteiger partial charge in [-0.15, -0.1) is 0 Å². The van der Waals surface area contributed by atoms with E-state index in [1.54, 1.807) is 63.0 Å². The number of hydrogen-bond donors (Lipinski definition) is 4. The van der Waals surface area contributed by atoms with Crippen molar-refractivity contribution in [3.05, 3.63) is 154 Å². The summed E-state index contributed by atoms with van der Waals surface area (Å²) in [5, 5.41) is 29.4. The zero-order valence-corrected chi connectivity index (χ0v) is 35.6. The summed E-state index contributed by atoms with van der Waals surface area (Å²) in [6, 6.07) is 37.5. The van der Waals surface area contributed by atoms with E-state index in [0.29, 0.717) is 0 Å². The van der Waals surface area contributed by atoms with Crippen LogP contribution in [0.25, 0.3) is 10.6 Å². The van der Waals surface area contributed by atoms with Crippen molar-refractivity contribution in [3.63, 3.8) is 0 Å². The number of amides is 2. The molecule has 4 N–H and O–H groups in total. The van der Waals surface area contributed by atoms with Crippen molar-refractivity contribution in [2.45, 2.75) is 11.1 Å². The molecule has 0 bridgehead atoms. The Bertz CT molecular complexity index is 1830. The number of guanidine groups is 4. The number of nitrogens with zero attached hydrogens (tertiary/aromatic N) is 6. The van der Waals surface area contributed by atoms with Gasteiger partial charge in [0.25, 0.3) is 0 Å². The van der Waals surface area contributed by atoms with Crippen LogP contribution in [-0.2, 0) is 59.3 Å². The maximum Gasteiger partial charge on any atom is 2.00 e. The van der Waals surface area contributed by atoms with E-state index < -0.39 is 32.7 Å². The van der Waals surface area contributed by atoms with Crippen molar-refractivity contribution in [1.29, 1.82) is 10.8 Å². The molecule has 17 heteroatoms. The fourth-order valence-electron chi connectivity index (χ4n) is 5.17. The minimum atomic E-state index is -1.21. The summed E-state index contributed by atoms with van der Waals surface area (Å²) in [6.45, 7) is 0. The van der Waals surface area contributed by atoms with Crippen LogP contribution in [-0.4, -0.2) is 107 Å². The zero-order chi connectivity index (χ0) is 41.5. The summed E-state index contributed by atoms with van der Waals surface area (Å²) in [5.41, 5.74) is 0.571. The first-order chi connectivity index (χ1) is 26.5. The number of benzene rings is 4. The molecule has 0 saturated heterocycles. The number of carbonyl (C=O) groups is 2. The molecule has 0 aliphatic carbocycles. The third-order valence-corrected chi connectivity index (χ3v) is 7.70. The Morgan fingerprint density at radius 2 is 0.737 bits per heavy atom. The maximum atomic E-state index is 12.9. The van der Waals surface area contributed by atoms with Crippen LogP contribution in [0, 0.1) is 10.8 Å². The van der Waals surface area contributed by atoms with Crippen LogP contribution in [0.1, 0.15) is 22.3 Å². The molecule has 0 unspecified atom stereocenters. The van der Waals surface area contributed by atoms with Gasteiger partial charge in [0.05, 0.1) is 0 Å². The minimum absolute atomic E-state index is 0. The monoisotopic (exact) mass is 859 g/mol. The van der Waals surface area contributed by atoms with E-state index in [-0.39, 0.29) is 52.7 Å². The topological polar surface area (TPSA) is 199 Å². The molecule has 305 valence electrons. The van der Waals surface area contributed by atoms with Gasteiger partial charge in [-0.1, -0.05) is 121 Å². The number of hydrogen-bond acceptors (Lipinski definition) is 8. The van der Waals surface area contributed by atoms with E-state index in [1.807, 2.05) is 121 Å². The maximum absolute atomic E-state index is 12.9. The van der Waals surface area contributed by atoms with Crippen molar-refractivity contribution in [2.24, 2.45) is 9.98 Å². The van der Waals surface area contributed by atoms with E-state index >= 15 is 0 Å². The molecular formula is C40H48CuN10O4S2. The molecule has 2 heterocycles. The smallest absolute Gasteiger partial charge is 0.383 e. The summed E-state index contributed by atoms with van der Waals surface area (Å²) < 4.78 is 19.1. The van der Waals surface area contributed by atoms with Gasteiger partial charge in [0.1, 0.15) is 23.0 Å². The van der Waals surface area contributed by atoms with Crippen LogP contribution >= 0.6 is 0 Å². The molecule has 14 nitrogen and oxygen atoms in total. The van der Waals surface area contributed by atoms with Gasteiger partial charge in [-0.25, -0.2) is 0 Å². The molecule has 57 heavy (non-hydrogen) atoms. The average molecular weight is 861 g/mol. The zero-order valence-electron chi connectivity index (χ0n) is 33.0. The largest absolute Gasteiger partial charge is 2.00 e. The fourth-order valence-corrected chi connectivity index (χ4v) is 5.17. The summed E-state index contributed by atoms with van der Waals surface area (Å²) in [4.78, 5) is 38.0. The Morgan fingerprint density at radius 1 is 0.526 bits per heavy atom. The van der Waals surface area contributed by atoms with Gasteiger partial charge in [0.15, 0.2) is 0 Å². The number of carbonyl (C=O) groups excluding carboxylic acids is 2. The van der Waals surface area contributed by atoms with E-state index in [4.69, 9.17) is 10.8 Å². The van der Waals surface area contributed by atoms with Crippen molar-refractivity contribution < 1.29 is 35.1 Å².